The highest BCUT2D eigenvalue weighted by Gasteiger charge is 2.11. The average molecular weight is 375 g/mol. The third-order valence-electron chi connectivity index (χ3n) is 3.59. The second-order valence-corrected chi connectivity index (χ2v) is 7.71. The van der Waals surface area contributed by atoms with Gasteiger partial charge in [-0.2, -0.15) is 0 Å². The van der Waals surface area contributed by atoms with Gasteiger partial charge in [0.15, 0.2) is 5.13 Å². The lowest BCUT2D eigenvalue weighted by molar-refractivity contribution is 0.102. The van der Waals surface area contributed by atoms with E-state index >= 15 is 0 Å². The van der Waals surface area contributed by atoms with E-state index in [1.165, 1.54) is 11.3 Å². The molecular weight excluding hydrogens is 356 g/mol. The molecule has 0 saturated carbocycles. The minimum atomic E-state index is -0.197. The monoisotopic (exact) mass is 374 g/mol. The van der Waals surface area contributed by atoms with Crippen molar-refractivity contribution in [2.75, 3.05) is 11.9 Å². The number of carbonyl (C=O) groups is 1. The van der Waals surface area contributed by atoms with Crippen molar-refractivity contribution in [2.45, 2.75) is 20.8 Å². The van der Waals surface area contributed by atoms with Crippen LogP contribution in [0.2, 0.25) is 5.02 Å². The maximum Gasteiger partial charge on any atom is 0.257 e. The summed E-state index contributed by atoms with van der Waals surface area (Å²) in [5.41, 5.74) is 2.34. The van der Waals surface area contributed by atoms with Gasteiger partial charge in [0, 0.05) is 10.6 Å². The number of ether oxygens (including phenoxy) is 1. The van der Waals surface area contributed by atoms with E-state index < -0.39 is 0 Å². The van der Waals surface area contributed by atoms with Crippen molar-refractivity contribution in [3.05, 3.63) is 52.5 Å². The van der Waals surface area contributed by atoms with Crippen LogP contribution in [0.15, 0.2) is 36.4 Å². The predicted octanol–water partition coefficient (Wildman–Crippen LogP) is 5.55. The highest BCUT2D eigenvalue weighted by molar-refractivity contribution is 7.22. The Labute approximate surface area is 155 Å². The van der Waals surface area contributed by atoms with Crippen LogP contribution in [-0.4, -0.2) is 17.5 Å². The minimum absolute atomic E-state index is 0.197. The lowest BCUT2D eigenvalue weighted by Gasteiger charge is -2.09. The zero-order valence-corrected chi connectivity index (χ0v) is 15.9. The number of halogens is 1. The minimum Gasteiger partial charge on any atom is -0.493 e. The molecule has 1 amide bonds. The van der Waals surface area contributed by atoms with Crippen LogP contribution < -0.4 is 10.1 Å². The van der Waals surface area contributed by atoms with Crippen LogP contribution in [0.5, 0.6) is 5.75 Å². The number of aromatic nitrogens is 1. The van der Waals surface area contributed by atoms with Gasteiger partial charge < -0.3 is 4.74 Å². The highest BCUT2D eigenvalue weighted by Crippen LogP contribution is 2.30. The normalized spacial score (nSPS) is 11.1. The first-order valence-electron chi connectivity index (χ1n) is 8.03. The molecule has 0 radical (unpaired) electrons. The average Bonchev–Trinajstić information content (AvgIpc) is 2.94. The van der Waals surface area contributed by atoms with Gasteiger partial charge in [-0.15, -0.1) is 0 Å². The molecule has 6 heteroatoms. The molecule has 2 aromatic carbocycles. The largest absolute Gasteiger partial charge is 0.493 e. The smallest absolute Gasteiger partial charge is 0.257 e. The maximum absolute atomic E-state index is 12.4. The Morgan fingerprint density at radius 3 is 2.68 bits per heavy atom. The van der Waals surface area contributed by atoms with Crippen molar-refractivity contribution >= 4 is 44.2 Å². The molecule has 3 aromatic rings. The van der Waals surface area contributed by atoms with Crippen LogP contribution in [0.25, 0.3) is 10.2 Å². The Balaban J connectivity index is 1.71. The zero-order chi connectivity index (χ0) is 18.0. The first kappa shape index (κ1) is 17.7. The topological polar surface area (TPSA) is 51.2 Å². The fourth-order valence-corrected chi connectivity index (χ4v) is 3.34. The number of amides is 1. The first-order chi connectivity index (χ1) is 11.9. The van der Waals surface area contributed by atoms with Crippen LogP contribution in [-0.2, 0) is 0 Å². The second-order valence-electron chi connectivity index (χ2n) is 6.27. The van der Waals surface area contributed by atoms with Crippen LogP contribution in [0.3, 0.4) is 0 Å². The first-order valence-corrected chi connectivity index (χ1v) is 9.22. The maximum atomic E-state index is 12.4. The van der Waals surface area contributed by atoms with Crippen molar-refractivity contribution in [3.8, 4) is 5.75 Å². The van der Waals surface area contributed by atoms with E-state index in [4.69, 9.17) is 16.3 Å². The van der Waals surface area contributed by atoms with Crippen LogP contribution in [0.4, 0.5) is 5.13 Å². The van der Waals surface area contributed by atoms with Gasteiger partial charge in [0.05, 0.1) is 16.8 Å². The summed E-state index contributed by atoms with van der Waals surface area (Å²) in [4.78, 5) is 16.8. The summed E-state index contributed by atoms with van der Waals surface area (Å²) in [6, 6.07) is 10.9. The number of fused-ring (bicyclic) bond motifs is 1. The van der Waals surface area contributed by atoms with E-state index in [0.29, 0.717) is 28.2 Å². The molecule has 0 spiro atoms. The number of thiazole rings is 1. The Kier molecular flexibility index (Phi) is 5.25. The summed E-state index contributed by atoms with van der Waals surface area (Å²) in [5.74, 6) is 1.02. The fourth-order valence-electron chi connectivity index (χ4n) is 2.24. The van der Waals surface area contributed by atoms with Gasteiger partial charge >= 0.3 is 0 Å². The van der Waals surface area contributed by atoms with E-state index in [-0.39, 0.29) is 5.91 Å². The summed E-state index contributed by atoms with van der Waals surface area (Å²) >= 11 is 7.56. The zero-order valence-electron chi connectivity index (χ0n) is 14.3. The van der Waals surface area contributed by atoms with Crippen LogP contribution >= 0.6 is 22.9 Å². The molecule has 130 valence electrons. The highest BCUT2D eigenvalue weighted by atomic mass is 35.5. The molecule has 4 nitrogen and oxygen atoms in total. The molecule has 0 bridgehead atoms. The summed E-state index contributed by atoms with van der Waals surface area (Å²) in [6.07, 6.45) is 0. The van der Waals surface area contributed by atoms with Gasteiger partial charge in [0.2, 0.25) is 0 Å². The van der Waals surface area contributed by atoms with E-state index in [0.717, 1.165) is 21.5 Å². The summed E-state index contributed by atoms with van der Waals surface area (Å²) in [7, 11) is 0. The summed E-state index contributed by atoms with van der Waals surface area (Å²) < 4.78 is 6.62. The van der Waals surface area contributed by atoms with Gasteiger partial charge in [-0.05, 0) is 54.8 Å². The number of anilines is 1. The summed E-state index contributed by atoms with van der Waals surface area (Å²) in [5, 5.41) is 4.07. The molecule has 0 aliphatic rings. The number of benzene rings is 2. The number of carbonyl (C=O) groups excluding carboxylic acids is 1. The molecule has 1 aromatic heterocycles. The number of aryl methyl sites for hydroxylation is 1. The molecule has 3 rings (SSSR count). The van der Waals surface area contributed by atoms with E-state index in [1.54, 1.807) is 24.3 Å². The molecule has 0 aliphatic carbocycles. The second kappa shape index (κ2) is 7.42. The molecule has 1 N–H and O–H groups in total. The third kappa shape index (κ3) is 4.30. The number of hydrogen-bond acceptors (Lipinski definition) is 4. The number of nitrogens with one attached hydrogen (secondary N) is 1. The third-order valence-corrected chi connectivity index (χ3v) is 4.93. The SMILES string of the molecule is Cc1cc2sc(NC(=O)c3ccc(OCC(C)C)cc3)nc2cc1Cl. The molecular formula is C19H19ClN2O2S. The standard InChI is InChI=1S/C19H19ClN2O2S/c1-11(2)10-24-14-6-4-13(5-7-14)18(23)22-19-21-16-9-15(20)12(3)8-17(16)25-19/h4-9,11H,10H2,1-3H3,(H,21,22,23). The van der Waals surface area contributed by atoms with Gasteiger partial charge in [0.25, 0.3) is 5.91 Å². The Hall–Kier alpha value is -2.11. The molecule has 0 aliphatic heterocycles. The van der Waals surface area contributed by atoms with Crippen LogP contribution in [0, 0.1) is 12.8 Å². The van der Waals surface area contributed by atoms with Crippen molar-refractivity contribution in [3.63, 3.8) is 0 Å². The number of nitrogens with zero attached hydrogens (tertiary/aromatic N) is 1. The van der Waals surface area contributed by atoms with E-state index in [9.17, 15) is 4.79 Å². The van der Waals surface area contributed by atoms with Gasteiger partial charge in [0.1, 0.15) is 5.75 Å². The summed E-state index contributed by atoms with van der Waals surface area (Å²) in [6.45, 7) is 6.78. The quantitative estimate of drug-likeness (QED) is 0.637. The molecule has 1 heterocycles. The Morgan fingerprint density at radius 2 is 2.00 bits per heavy atom. The van der Waals surface area contributed by atoms with Gasteiger partial charge in [-0.25, -0.2) is 4.98 Å². The van der Waals surface area contributed by atoms with Gasteiger partial charge in [-0.1, -0.05) is 36.8 Å². The molecule has 25 heavy (non-hydrogen) atoms. The molecule has 0 atom stereocenters. The van der Waals surface area contributed by atoms with Crippen molar-refractivity contribution in [1.82, 2.24) is 4.98 Å². The van der Waals surface area contributed by atoms with E-state index in [1.807, 2.05) is 19.1 Å². The Morgan fingerprint density at radius 1 is 1.28 bits per heavy atom. The number of rotatable bonds is 5. The van der Waals surface area contributed by atoms with Gasteiger partial charge in [-0.3, -0.25) is 10.1 Å². The van der Waals surface area contributed by atoms with Crippen LogP contribution in [0.1, 0.15) is 29.8 Å². The molecule has 0 unspecified atom stereocenters. The van der Waals surface area contributed by atoms with Crippen molar-refractivity contribution in [2.24, 2.45) is 5.92 Å². The lowest BCUT2D eigenvalue weighted by Crippen LogP contribution is -2.11. The number of hydrogen-bond donors (Lipinski definition) is 1. The predicted molar refractivity (Wildman–Crippen MR) is 104 cm³/mol. The molecule has 0 fully saturated rings. The van der Waals surface area contributed by atoms with Crippen molar-refractivity contribution in [1.29, 1.82) is 0 Å². The Bertz CT molecular complexity index is 865. The molecule has 0 saturated heterocycles. The van der Waals surface area contributed by atoms with E-state index in [2.05, 4.69) is 24.1 Å². The van der Waals surface area contributed by atoms with Crippen molar-refractivity contribution < 1.29 is 9.53 Å². The fraction of sp³-hybridized carbons (Fsp3) is 0.263. The lowest BCUT2D eigenvalue weighted by atomic mass is 10.2.